The second-order valence-corrected chi connectivity index (χ2v) is 11.8. The average molecular weight is 528 g/mol. The molecule has 2 N–H and O–H groups in total. The maximum atomic E-state index is 14.4. The Morgan fingerprint density at radius 3 is 2.21 bits per heavy atom. The maximum Gasteiger partial charge on any atom is 0.408 e. The van der Waals surface area contributed by atoms with Crippen LogP contribution >= 0.6 is 0 Å². The molecule has 38 heavy (non-hydrogen) atoms. The van der Waals surface area contributed by atoms with Crippen molar-refractivity contribution in [2.24, 2.45) is 5.92 Å². The van der Waals surface area contributed by atoms with Crippen molar-refractivity contribution in [3.05, 3.63) is 35.4 Å². The molecule has 0 aliphatic rings. The minimum Gasteiger partial charge on any atom is -0.444 e. The average Bonchev–Trinajstić information content (AvgIpc) is 2.82. The predicted molar refractivity (Wildman–Crippen MR) is 153 cm³/mol. The van der Waals surface area contributed by atoms with Crippen molar-refractivity contribution in [1.82, 2.24) is 15.5 Å². The fourth-order valence-electron chi connectivity index (χ4n) is 4.20. The monoisotopic (exact) mass is 527 g/mol. The van der Waals surface area contributed by atoms with Gasteiger partial charge in [-0.3, -0.25) is 9.59 Å². The number of benzene rings is 1. The van der Waals surface area contributed by atoms with E-state index in [0.29, 0.717) is 30.5 Å². The summed E-state index contributed by atoms with van der Waals surface area (Å²) in [4.78, 5) is 42.6. The Bertz CT molecular complexity index is 972. The molecule has 0 bridgehead atoms. The Balaban J connectivity index is 3.66. The van der Waals surface area contributed by atoms with Gasteiger partial charge in [0.25, 0.3) is 0 Å². The molecule has 0 saturated heterocycles. The fourth-order valence-corrected chi connectivity index (χ4v) is 4.20. The molecular formula is C31H49N3O4. The Morgan fingerprint density at radius 2 is 1.68 bits per heavy atom. The van der Waals surface area contributed by atoms with Gasteiger partial charge in [-0.15, -0.1) is 6.42 Å². The molecule has 2 unspecified atom stereocenters. The maximum absolute atomic E-state index is 14.4. The lowest BCUT2D eigenvalue weighted by atomic mass is 9.89. The smallest absolute Gasteiger partial charge is 0.408 e. The summed E-state index contributed by atoms with van der Waals surface area (Å²) >= 11 is 0. The number of unbranched alkanes of at least 4 members (excludes halogenated alkanes) is 2. The minimum absolute atomic E-state index is 0.102. The molecule has 0 fully saturated rings. The first-order valence-electron chi connectivity index (χ1n) is 13.8. The van der Waals surface area contributed by atoms with Crippen molar-refractivity contribution < 1.29 is 19.1 Å². The SMILES string of the molecule is C#Cc1ccccc1C(C(=O)NCCCCC)N(C(=O)C(CC(C)C)NC(=O)OC(C)(C)C)C(C)(C)CC. The number of alkyl carbamates (subject to hydrolysis) is 1. The number of rotatable bonds is 13. The number of terminal acetylenes is 1. The third-order valence-electron chi connectivity index (χ3n) is 6.45. The van der Waals surface area contributed by atoms with Gasteiger partial charge in [-0.2, -0.15) is 0 Å². The van der Waals surface area contributed by atoms with Crippen LogP contribution < -0.4 is 10.6 Å². The summed E-state index contributed by atoms with van der Waals surface area (Å²) in [5, 5.41) is 5.83. The molecule has 0 radical (unpaired) electrons. The zero-order valence-corrected chi connectivity index (χ0v) is 24.9. The van der Waals surface area contributed by atoms with E-state index in [4.69, 9.17) is 11.2 Å². The summed E-state index contributed by atoms with van der Waals surface area (Å²) in [6.45, 7) is 17.7. The predicted octanol–water partition coefficient (Wildman–Crippen LogP) is 5.97. The topological polar surface area (TPSA) is 87.7 Å². The molecule has 0 aromatic heterocycles. The van der Waals surface area contributed by atoms with E-state index in [1.54, 1.807) is 37.8 Å². The van der Waals surface area contributed by atoms with Crippen LogP contribution in [0, 0.1) is 18.3 Å². The highest BCUT2D eigenvalue weighted by atomic mass is 16.6. The molecule has 0 heterocycles. The van der Waals surface area contributed by atoms with Crippen LogP contribution in [-0.4, -0.2) is 46.5 Å². The number of carbonyl (C=O) groups is 3. The highest BCUT2D eigenvalue weighted by Gasteiger charge is 2.43. The number of nitrogens with zero attached hydrogens (tertiary/aromatic N) is 1. The van der Waals surface area contributed by atoms with E-state index in [1.807, 2.05) is 46.8 Å². The molecule has 212 valence electrons. The van der Waals surface area contributed by atoms with Crippen molar-refractivity contribution in [1.29, 1.82) is 0 Å². The van der Waals surface area contributed by atoms with E-state index in [2.05, 4.69) is 23.5 Å². The lowest BCUT2D eigenvalue weighted by Gasteiger charge is -2.45. The van der Waals surface area contributed by atoms with Crippen LogP contribution in [0.2, 0.25) is 0 Å². The fraction of sp³-hybridized carbons (Fsp3) is 0.645. The van der Waals surface area contributed by atoms with Crippen molar-refractivity contribution >= 4 is 17.9 Å². The molecule has 7 heteroatoms. The summed E-state index contributed by atoms with van der Waals surface area (Å²) in [7, 11) is 0. The van der Waals surface area contributed by atoms with Gasteiger partial charge in [0.05, 0.1) is 0 Å². The minimum atomic E-state index is -0.971. The molecule has 3 amide bonds. The number of hydrogen-bond acceptors (Lipinski definition) is 4. The third-order valence-corrected chi connectivity index (χ3v) is 6.45. The van der Waals surface area contributed by atoms with Crippen LogP contribution in [0.1, 0.15) is 112 Å². The number of nitrogens with one attached hydrogen (secondary N) is 2. The number of carbonyl (C=O) groups excluding carboxylic acids is 3. The number of hydrogen-bond donors (Lipinski definition) is 2. The van der Waals surface area contributed by atoms with E-state index < -0.39 is 29.3 Å². The summed E-state index contributed by atoms with van der Waals surface area (Å²) in [5.74, 6) is 2.14. The van der Waals surface area contributed by atoms with Crippen LogP contribution in [0.5, 0.6) is 0 Å². The molecule has 2 atom stereocenters. The van der Waals surface area contributed by atoms with Crippen LogP contribution in [0.4, 0.5) is 4.79 Å². The Labute approximate surface area is 230 Å². The Morgan fingerprint density at radius 1 is 1.05 bits per heavy atom. The van der Waals surface area contributed by atoms with Gasteiger partial charge in [0.15, 0.2) is 0 Å². The van der Waals surface area contributed by atoms with Crippen LogP contribution in [0.15, 0.2) is 24.3 Å². The second-order valence-electron chi connectivity index (χ2n) is 11.8. The zero-order chi connectivity index (χ0) is 29.1. The van der Waals surface area contributed by atoms with E-state index >= 15 is 0 Å². The van der Waals surface area contributed by atoms with E-state index in [0.717, 1.165) is 19.3 Å². The Kier molecular flexibility index (Phi) is 12.9. The zero-order valence-electron chi connectivity index (χ0n) is 24.9. The second kappa shape index (κ2) is 14.8. The van der Waals surface area contributed by atoms with Crippen molar-refractivity contribution in [3.63, 3.8) is 0 Å². The largest absolute Gasteiger partial charge is 0.444 e. The molecule has 1 aromatic carbocycles. The summed E-state index contributed by atoms with van der Waals surface area (Å²) in [5.41, 5.74) is -0.315. The quantitative estimate of drug-likeness (QED) is 0.244. The summed E-state index contributed by atoms with van der Waals surface area (Å²) in [6.07, 6.45) is 8.99. The first-order valence-corrected chi connectivity index (χ1v) is 13.8. The third kappa shape index (κ3) is 10.0. The highest BCUT2D eigenvalue weighted by molar-refractivity contribution is 5.93. The molecule has 0 saturated carbocycles. The van der Waals surface area contributed by atoms with E-state index in [1.165, 1.54) is 0 Å². The molecule has 0 spiro atoms. The van der Waals surface area contributed by atoms with Gasteiger partial charge < -0.3 is 20.3 Å². The number of ether oxygens (including phenoxy) is 1. The lowest BCUT2D eigenvalue weighted by molar-refractivity contribution is -0.149. The standard InChI is InChI=1S/C31H49N3O4/c1-11-14-17-20-32-27(35)26(24-19-16-15-18-23(24)12-2)34(31(9,10)13-3)28(36)25(21-22(4)5)33-29(37)38-30(6,7)8/h2,15-16,18-19,22,25-26H,11,13-14,17,20-21H2,1,3-10H3,(H,32,35)(H,33,37). The number of amides is 3. The lowest BCUT2D eigenvalue weighted by Crippen LogP contribution is -2.59. The Hall–Kier alpha value is -3.01. The normalized spacial score (nSPS) is 13.3. The van der Waals surface area contributed by atoms with E-state index in [9.17, 15) is 14.4 Å². The molecular weight excluding hydrogens is 478 g/mol. The van der Waals surface area contributed by atoms with Gasteiger partial charge in [0.2, 0.25) is 11.8 Å². The molecule has 0 aliphatic carbocycles. The van der Waals surface area contributed by atoms with Gasteiger partial charge in [0, 0.05) is 17.6 Å². The molecule has 7 nitrogen and oxygen atoms in total. The highest BCUT2D eigenvalue weighted by Crippen LogP contribution is 2.34. The first-order chi connectivity index (χ1) is 17.7. The van der Waals surface area contributed by atoms with Crippen molar-refractivity contribution in [2.45, 2.75) is 118 Å². The summed E-state index contributed by atoms with van der Waals surface area (Å²) in [6, 6.07) is 5.36. The molecule has 0 aliphatic heterocycles. The van der Waals surface area contributed by atoms with Crippen LogP contribution in [-0.2, 0) is 14.3 Å². The van der Waals surface area contributed by atoms with Crippen molar-refractivity contribution in [3.8, 4) is 12.3 Å². The van der Waals surface area contributed by atoms with Crippen LogP contribution in [0.25, 0.3) is 0 Å². The molecule has 1 aromatic rings. The van der Waals surface area contributed by atoms with Gasteiger partial charge in [0.1, 0.15) is 17.7 Å². The van der Waals surface area contributed by atoms with Gasteiger partial charge in [-0.1, -0.05) is 64.7 Å². The first kappa shape index (κ1) is 33.0. The van der Waals surface area contributed by atoms with Crippen LogP contribution in [0.3, 0.4) is 0 Å². The molecule has 1 rings (SSSR count). The van der Waals surface area contributed by atoms with Gasteiger partial charge in [-0.05, 0) is 71.4 Å². The van der Waals surface area contributed by atoms with Gasteiger partial charge in [-0.25, -0.2) is 4.79 Å². The van der Waals surface area contributed by atoms with E-state index in [-0.39, 0.29) is 17.7 Å². The summed E-state index contributed by atoms with van der Waals surface area (Å²) < 4.78 is 5.47. The van der Waals surface area contributed by atoms with Gasteiger partial charge >= 0.3 is 6.09 Å². The van der Waals surface area contributed by atoms with Crippen molar-refractivity contribution in [2.75, 3.05) is 6.54 Å².